The van der Waals surface area contributed by atoms with Crippen molar-refractivity contribution in [2.24, 2.45) is 0 Å². The number of unbranched alkanes of at least 4 members (excludes halogenated alkanes) is 1. The Hall–Kier alpha value is -2.53. The molecule has 0 spiro atoms. The second-order valence-electron chi connectivity index (χ2n) is 6.01. The van der Waals surface area contributed by atoms with Crippen LogP contribution in [0.3, 0.4) is 0 Å². The number of rotatable bonds is 7. The lowest BCUT2D eigenvalue weighted by molar-refractivity contribution is 0.0879. The van der Waals surface area contributed by atoms with E-state index < -0.39 is 0 Å². The number of carbonyl (C=O) groups is 2. The van der Waals surface area contributed by atoms with Gasteiger partial charge in [-0.2, -0.15) is 0 Å². The molecule has 2 aromatic rings. The number of amides is 2. The van der Waals surface area contributed by atoms with E-state index in [4.69, 9.17) is 0 Å². The van der Waals surface area contributed by atoms with Crippen LogP contribution in [0.5, 0.6) is 0 Å². The van der Waals surface area contributed by atoms with Crippen LogP contribution in [0, 0.1) is 0 Å². The predicted molar refractivity (Wildman–Crippen MR) is 91.8 cm³/mol. The summed E-state index contributed by atoms with van der Waals surface area (Å²) in [6.07, 6.45) is 4.55. The second-order valence-corrected chi connectivity index (χ2v) is 6.01. The summed E-state index contributed by atoms with van der Waals surface area (Å²) in [5, 5.41) is 5.82. The largest absolute Gasteiger partial charge is 0.309 e. The minimum atomic E-state index is -0.289. The van der Waals surface area contributed by atoms with E-state index in [0.29, 0.717) is 11.1 Å². The van der Waals surface area contributed by atoms with Gasteiger partial charge in [0.25, 0.3) is 11.8 Å². The fraction of sp³-hybridized carbons (Fsp3) is 0.316. The van der Waals surface area contributed by atoms with Crippen molar-refractivity contribution in [3.8, 4) is 0 Å². The lowest BCUT2D eigenvalue weighted by Crippen LogP contribution is -2.21. The molecule has 1 unspecified atom stereocenters. The highest BCUT2D eigenvalue weighted by Crippen LogP contribution is 2.21. The van der Waals surface area contributed by atoms with E-state index in [0.717, 1.165) is 37.1 Å². The minimum absolute atomic E-state index is 0.218. The lowest BCUT2D eigenvalue weighted by atomic mass is 9.98. The smallest absolute Gasteiger partial charge is 0.259 e. The summed E-state index contributed by atoms with van der Waals surface area (Å²) >= 11 is 0. The number of benzene rings is 1. The first-order chi connectivity index (χ1) is 11.7. The number of nitrogens with one attached hydrogen (secondary N) is 2. The van der Waals surface area contributed by atoms with Crippen LogP contribution in [0.25, 0.3) is 0 Å². The van der Waals surface area contributed by atoms with Gasteiger partial charge in [-0.1, -0.05) is 18.2 Å². The molecular formula is C19H21N3O2. The van der Waals surface area contributed by atoms with Gasteiger partial charge in [-0.05, 0) is 56.5 Å². The number of carbonyl (C=O) groups excluding carboxylic acids is 2. The van der Waals surface area contributed by atoms with Gasteiger partial charge in [0, 0.05) is 12.2 Å². The highest BCUT2D eigenvalue weighted by molar-refractivity contribution is 6.22. The lowest BCUT2D eigenvalue weighted by Gasteiger charge is -2.13. The van der Waals surface area contributed by atoms with Crippen LogP contribution in [-0.4, -0.2) is 23.3 Å². The van der Waals surface area contributed by atoms with E-state index in [1.165, 1.54) is 0 Å². The summed E-state index contributed by atoms with van der Waals surface area (Å²) in [5.41, 5.74) is 3.04. The molecule has 1 aliphatic rings. The molecule has 0 bridgehead atoms. The summed E-state index contributed by atoms with van der Waals surface area (Å²) in [5.74, 6) is -0.560. The molecule has 2 amide bonds. The Morgan fingerprint density at radius 1 is 1.08 bits per heavy atom. The van der Waals surface area contributed by atoms with Crippen LogP contribution in [0.2, 0.25) is 0 Å². The first kappa shape index (κ1) is 16.3. The maximum absolute atomic E-state index is 11.9. The van der Waals surface area contributed by atoms with Gasteiger partial charge in [0.2, 0.25) is 0 Å². The van der Waals surface area contributed by atoms with Crippen LogP contribution in [0.1, 0.15) is 57.8 Å². The second kappa shape index (κ2) is 7.36. The van der Waals surface area contributed by atoms with E-state index >= 15 is 0 Å². The molecule has 0 aliphatic carbocycles. The first-order valence-electron chi connectivity index (χ1n) is 8.28. The third-order valence-electron chi connectivity index (χ3n) is 4.30. The van der Waals surface area contributed by atoms with Crippen LogP contribution < -0.4 is 10.6 Å². The number of hydrogen-bond donors (Lipinski definition) is 2. The third-order valence-corrected chi connectivity index (χ3v) is 4.30. The van der Waals surface area contributed by atoms with Crippen molar-refractivity contribution in [1.82, 2.24) is 15.6 Å². The molecule has 0 saturated heterocycles. The Morgan fingerprint density at radius 3 is 2.75 bits per heavy atom. The standard InChI is InChI=1S/C19H21N3O2/c1-13(16-10-3-5-12-21-16)20-11-4-2-7-14-8-6-9-15-17(14)19(24)22-18(15)23/h3,5-6,8-10,12-13,20H,2,4,7,11H2,1H3,(H,22,23,24). The number of aromatic nitrogens is 1. The Kier molecular flexibility index (Phi) is 5.01. The molecule has 2 heterocycles. The molecule has 0 saturated carbocycles. The van der Waals surface area contributed by atoms with E-state index in [9.17, 15) is 9.59 Å². The molecule has 124 valence electrons. The number of imide groups is 1. The summed E-state index contributed by atoms with van der Waals surface area (Å²) in [6, 6.07) is 11.6. The monoisotopic (exact) mass is 323 g/mol. The van der Waals surface area contributed by atoms with Gasteiger partial charge < -0.3 is 5.32 Å². The van der Waals surface area contributed by atoms with Crippen molar-refractivity contribution in [3.05, 3.63) is 65.0 Å². The summed E-state index contributed by atoms with van der Waals surface area (Å²) in [7, 11) is 0. The molecule has 0 fully saturated rings. The Labute approximate surface area is 141 Å². The number of fused-ring (bicyclic) bond motifs is 1. The Bertz CT molecular complexity index is 744. The van der Waals surface area contributed by atoms with E-state index in [-0.39, 0.29) is 17.9 Å². The van der Waals surface area contributed by atoms with Crippen LogP contribution in [-0.2, 0) is 6.42 Å². The molecule has 5 nitrogen and oxygen atoms in total. The number of nitrogens with zero attached hydrogens (tertiary/aromatic N) is 1. The molecule has 3 rings (SSSR count). The van der Waals surface area contributed by atoms with Crippen molar-refractivity contribution in [2.75, 3.05) is 6.54 Å². The van der Waals surface area contributed by atoms with Crippen molar-refractivity contribution >= 4 is 11.8 Å². The normalized spacial score (nSPS) is 14.4. The molecule has 5 heteroatoms. The number of hydrogen-bond acceptors (Lipinski definition) is 4. The zero-order chi connectivity index (χ0) is 16.9. The fourth-order valence-corrected chi connectivity index (χ4v) is 2.99. The molecular weight excluding hydrogens is 302 g/mol. The van der Waals surface area contributed by atoms with E-state index in [1.54, 1.807) is 12.3 Å². The fourth-order valence-electron chi connectivity index (χ4n) is 2.99. The molecule has 1 atom stereocenters. The maximum atomic E-state index is 11.9. The van der Waals surface area contributed by atoms with Gasteiger partial charge in [-0.25, -0.2) is 0 Å². The zero-order valence-electron chi connectivity index (χ0n) is 13.7. The first-order valence-corrected chi connectivity index (χ1v) is 8.28. The molecule has 1 aromatic heterocycles. The quantitative estimate of drug-likeness (QED) is 0.607. The van der Waals surface area contributed by atoms with Gasteiger partial charge >= 0.3 is 0 Å². The van der Waals surface area contributed by atoms with Crippen molar-refractivity contribution < 1.29 is 9.59 Å². The van der Waals surface area contributed by atoms with Gasteiger partial charge in [-0.15, -0.1) is 0 Å². The van der Waals surface area contributed by atoms with Crippen LogP contribution in [0.15, 0.2) is 42.6 Å². The minimum Gasteiger partial charge on any atom is -0.309 e. The molecule has 1 aromatic carbocycles. The maximum Gasteiger partial charge on any atom is 0.259 e. The average Bonchev–Trinajstić information content (AvgIpc) is 2.90. The SMILES string of the molecule is CC(NCCCCc1cccc2c1C(=O)NC2=O)c1ccccn1. The van der Waals surface area contributed by atoms with Gasteiger partial charge in [0.15, 0.2) is 0 Å². The van der Waals surface area contributed by atoms with Crippen molar-refractivity contribution in [2.45, 2.75) is 32.2 Å². The topological polar surface area (TPSA) is 71.1 Å². The molecule has 2 N–H and O–H groups in total. The van der Waals surface area contributed by atoms with E-state index in [2.05, 4.69) is 22.5 Å². The number of pyridine rings is 1. The molecule has 24 heavy (non-hydrogen) atoms. The highest BCUT2D eigenvalue weighted by Gasteiger charge is 2.28. The predicted octanol–water partition coefficient (Wildman–Crippen LogP) is 2.64. The average molecular weight is 323 g/mol. The third kappa shape index (κ3) is 3.51. The van der Waals surface area contributed by atoms with Crippen molar-refractivity contribution in [3.63, 3.8) is 0 Å². The summed E-state index contributed by atoms with van der Waals surface area (Å²) in [4.78, 5) is 27.9. The Balaban J connectivity index is 1.48. The van der Waals surface area contributed by atoms with Crippen LogP contribution in [0.4, 0.5) is 0 Å². The molecule has 0 radical (unpaired) electrons. The zero-order valence-corrected chi connectivity index (χ0v) is 13.7. The van der Waals surface area contributed by atoms with Gasteiger partial charge in [-0.3, -0.25) is 19.9 Å². The number of aryl methyl sites for hydroxylation is 1. The molecule has 1 aliphatic heterocycles. The Morgan fingerprint density at radius 2 is 1.96 bits per heavy atom. The van der Waals surface area contributed by atoms with Gasteiger partial charge in [0.1, 0.15) is 0 Å². The van der Waals surface area contributed by atoms with Crippen molar-refractivity contribution in [1.29, 1.82) is 0 Å². The van der Waals surface area contributed by atoms with E-state index in [1.807, 2.05) is 30.3 Å². The highest BCUT2D eigenvalue weighted by atomic mass is 16.2. The summed E-state index contributed by atoms with van der Waals surface area (Å²) in [6.45, 7) is 2.99. The van der Waals surface area contributed by atoms with Crippen LogP contribution >= 0.6 is 0 Å². The summed E-state index contributed by atoms with van der Waals surface area (Å²) < 4.78 is 0. The van der Waals surface area contributed by atoms with Gasteiger partial charge in [0.05, 0.1) is 16.8 Å².